The highest BCUT2D eigenvalue weighted by molar-refractivity contribution is 5.78. The number of nitrogens with two attached hydrogens (primary N) is 1. The highest BCUT2D eigenvalue weighted by Crippen LogP contribution is 2.30. The first-order chi connectivity index (χ1) is 8.63. The van der Waals surface area contributed by atoms with Gasteiger partial charge in [0.25, 0.3) is 0 Å². The molecule has 1 heterocycles. The zero-order valence-electron chi connectivity index (χ0n) is 10.5. The first kappa shape index (κ1) is 13.1. The molecule has 2 rings (SSSR count). The van der Waals surface area contributed by atoms with Crippen molar-refractivity contribution < 1.29 is 9.90 Å². The maximum Gasteiger partial charge on any atom is 0.223 e. The quantitative estimate of drug-likeness (QED) is 0.628. The maximum absolute atomic E-state index is 12.0. The number of carbonyl (C=O) groups excluding carboxylic acids is 1. The third-order valence-electron chi connectivity index (χ3n) is 3.78. The van der Waals surface area contributed by atoms with Crippen LogP contribution < -0.4 is 11.1 Å². The summed E-state index contributed by atoms with van der Waals surface area (Å²) in [5.41, 5.74) is 6.51. The summed E-state index contributed by atoms with van der Waals surface area (Å²) in [5.74, 6) is 0.118. The van der Waals surface area contributed by atoms with Gasteiger partial charge in [0.05, 0.1) is 13.2 Å². The Bertz CT molecular complexity index is 381. The van der Waals surface area contributed by atoms with Gasteiger partial charge in [0.2, 0.25) is 5.91 Å². The molecule has 1 fully saturated rings. The highest BCUT2D eigenvalue weighted by atomic mass is 16.3. The molecule has 1 aromatic heterocycles. The SMILES string of the molecule is NC1(CO)CCC(C(=O)NCc2ccc[nH]2)CC1. The van der Waals surface area contributed by atoms with Crippen LogP contribution in [-0.2, 0) is 11.3 Å². The minimum Gasteiger partial charge on any atom is -0.394 e. The van der Waals surface area contributed by atoms with Gasteiger partial charge in [-0.1, -0.05) is 0 Å². The fraction of sp³-hybridized carbons (Fsp3) is 0.615. The molecule has 5 heteroatoms. The number of hydrogen-bond donors (Lipinski definition) is 4. The lowest BCUT2D eigenvalue weighted by Crippen LogP contribution is -2.48. The second kappa shape index (κ2) is 5.54. The van der Waals surface area contributed by atoms with Crippen molar-refractivity contribution in [2.75, 3.05) is 6.61 Å². The monoisotopic (exact) mass is 251 g/mol. The lowest BCUT2D eigenvalue weighted by atomic mass is 9.77. The lowest BCUT2D eigenvalue weighted by molar-refractivity contribution is -0.126. The number of aliphatic hydroxyl groups is 1. The van der Waals surface area contributed by atoms with E-state index in [9.17, 15) is 9.90 Å². The van der Waals surface area contributed by atoms with E-state index < -0.39 is 5.54 Å². The molecule has 1 amide bonds. The molecule has 5 nitrogen and oxygen atoms in total. The Kier molecular flexibility index (Phi) is 4.04. The van der Waals surface area contributed by atoms with E-state index >= 15 is 0 Å². The van der Waals surface area contributed by atoms with Crippen LogP contribution in [0.15, 0.2) is 18.3 Å². The van der Waals surface area contributed by atoms with E-state index in [0.29, 0.717) is 19.4 Å². The average Bonchev–Trinajstić information content (AvgIpc) is 2.90. The number of rotatable bonds is 4. The molecule has 0 aromatic carbocycles. The molecular formula is C13H21N3O2. The minimum absolute atomic E-state index is 0.00378. The van der Waals surface area contributed by atoms with Crippen molar-refractivity contribution in [3.05, 3.63) is 24.0 Å². The summed E-state index contributed by atoms with van der Waals surface area (Å²) in [7, 11) is 0. The van der Waals surface area contributed by atoms with E-state index in [1.165, 1.54) is 0 Å². The summed E-state index contributed by atoms with van der Waals surface area (Å²) in [6.07, 6.45) is 4.78. The molecular weight excluding hydrogens is 230 g/mol. The van der Waals surface area contributed by atoms with Gasteiger partial charge in [0.15, 0.2) is 0 Å². The number of amides is 1. The summed E-state index contributed by atoms with van der Waals surface area (Å²) in [5, 5.41) is 12.1. The number of hydrogen-bond acceptors (Lipinski definition) is 3. The summed E-state index contributed by atoms with van der Waals surface area (Å²) in [4.78, 5) is 15.0. The van der Waals surface area contributed by atoms with Crippen LogP contribution in [0.3, 0.4) is 0 Å². The van der Waals surface area contributed by atoms with Crippen LogP contribution in [0.25, 0.3) is 0 Å². The number of H-pyrrole nitrogens is 1. The van der Waals surface area contributed by atoms with Crippen molar-refractivity contribution in [1.82, 2.24) is 10.3 Å². The Morgan fingerprint density at radius 2 is 2.28 bits per heavy atom. The first-order valence-corrected chi connectivity index (χ1v) is 6.43. The fourth-order valence-corrected chi connectivity index (χ4v) is 2.42. The Labute approximate surface area is 107 Å². The maximum atomic E-state index is 12.0. The van der Waals surface area contributed by atoms with Crippen LogP contribution in [0.4, 0.5) is 0 Å². The summed E-state index contributed by atoms with van der Waals surface area (Å²) in [6.45, 7) is 0.542. The van der Waals surface area contributed by atoms with Crippen molar-refractivity contribution in [1.29, 1.82) is 0 Å². The molecule has 0 aliphatic heterocycles. The summed E-state index contributed by atoms with van der Waals surface area (Å²) >= 11 is 0. The molecule has 1 aliphatic carbocycles. The highest BCUT2D eigenvalue weighted by Gasteiger charge is 2.33. The van der Waals surface area contributed by atoms with Gasteiger partial charge >= 0.3 is 0 Å². The zero-order chi connectivity index (χ0) is 13.0. The second-order valence-electron chi connectivity index (χ2n) is 5.21. The van der Waals surface area contributed by atoms with E-state index in [1.807, 2.05) is 18.3 Å². The van der Waals surface area contributed by atoms with E-state index in [1.54, 1.807) is 0 Å². The Hall–Kier alpha value is -1.33. The molecule has 18 heavy (non-hydrogen) atoms. The Morgan fingerprint density at radius 3 is 2.83 bits per heavy atom. The zero-order valence-corrected chi connectivity index (χ0v) is 10.5. The van der Waals surface area contributed by atoms with Gasteiger partial charge in [-0.3, -0.25) is 4.79 Å². The third kappa shape index (κ3) is 3.11. The van der Waals surface area contributed by atoms with Gasteiger partial charge in [-0.25, -0.2) is 0 Å². The second-order valence-corrected chi connectivity index (χ2v) is 5.21. The van der Waals surface area contributed by atoms with Gasteiger partial charge in [0.1, 0.15) is 0 Å². The Balaban J connectivity index is 1.77. The molecule has 1 aromatic rings. The minimum atomic E-state index is -0.476. The van der Waals surface area contributed by atoms with Crippen molar-refractivity contribution in [2.45, 2.75) is 37.8 Å². The van der Waals surface area contributed by atoms with Crippen molar-refractivity contribution in [3.63, 3.8) is 0 Å². The Morgan fingerprint density at radius 1 is 1.56 bits per heavy atom. The van der Waals surface area contributed by atoms with Crippen LogP contribution in [0.1, 0.15) is 31.4 Å². The molecule has 0 unspecified atom stereocenters. The normalized spacial score (nSPS) is 28.0. The van der Waals surface area contributed by atoms with Gasteiger partial charge in [-0.2, -0.15) is 0 Å². The van der Waals surface area contributed by atoms with Crippen LogP contribution in [-0.4, -0.2) is 28.1 Å². The topological polar surface area (TPSA) is 91.1 Å². The van der Waals surface area contributed by atoms with Crippen LogP contribution in [0, 0.1) is 5.92 Å². The van der Waals surface area contributed by atoms with Crippen molar-refractivity contribution in [2.24, 2.45) is 11.7 Å². The summed E-state index contributed by atoms with van der Waals surface area (Å²) in [6, 6.07) is 3.85. The van der Waals surface area contributed by atoms with Crippen LogP contribution in [0.5, 0.6) is 0 Å². The fourth-order valence-electron chi connectivity index (χ4n) is 2.42. The van der Waals surface area contributed by atoms with Gasteiger partial charge < -0.3 is 21.1 Å². The predicted molar refractivity (Wildman–Crippen MR) is 68.6 cm³/mol. The molecule has 0 atom stereocenters. The number of aliphatic hydroxyl groups excluding tert-OH is 1. The number of aromatic nitrogens is 1. The van der Waals surface area contributed by atoms with E-state index in [-0.39, 0.29) is 18.4 Å². The average molecular weight is 251 g/mol. The molecule has 0 spiro atoms. The molecule has 0 saturated heterocycles. The predicted octanol–water partition coefficient (Wildman–Crippen LogP) is 0.511. The van der Waals surface area contributed by atoms with Crippen molar-refractivity contribution >= 4 is 5.91 Å². The number of nitrogens with one attached hydrogen (secondary N) is 2. The number of carbonyl (C=O) groups is 1. The summed E-state index contributed by atoms with van der Waals surface area (Å²) < 4.78 is 0. The molecule has 0 radical (unpaired) electrons. The van der Waals surface area contributed by atoms with E-state index in [4.69, 9.17) is 5.73 Å². The van der Waals surface area contributed by atoms with E-state index in [0.717, 1.165) is 18.5 Å². The first-order valence-electron chi connectivity index (χ1n) is 6.43. The molecule has 0 bridgehead atoms. The van der Waals surface area contributed by atoms with Gasteiger partial charge in [-0.15, -0.1) is 0 Å². The molecule has 5 N–H and O–H groups in total. The van der Waals surface area contributed by atoms with Gasteiger partial charge in [-0.05, 0) is 37.8 Å². The number of aromatic amines is 1. The lowest BCUT2D eigenvalue weighted by Gasteiger charge is -2.35. The van der Waals surface area contributed by atoms with Crippen molar-refractivity contribution in [3.8, 4) is 0 Å². The van der Waals surface area contributed by atoms with Crippen LogP contribution in [0.2, 0.25) is 0 Å². The van der Waals surface area contributed by atoms with Gasteiger partial charge in [0, 0.05) is 23.3 Å². The largest absolute Gasteiger partial charge is 0.394 e. The third-order valence-corrected chi connectivity index (χ3v) is 3.78. The molecule has 100 valence electrons. The smallest absolute Gasteiger partial charge is 0.223 e. The van der Waals surface area contributed by atoms with E-state index in [2.05, 4.69) is 10.3 Å². The standard InChI is InChI=1S/C13H21N3O2/c14-13(9-17)5-3-10(4-6-13)12(18)16-8-11-2-1-7-15-11/h1-2,7,10,15,17H,3-6,8-9,14H2,(H,16,18). The molecule has 1 aliphatic rings. The van der Waals surface area contributed by atoms with Crippen LogP contribution >= 0.6 is 0 Å². The molecule has 1 saturated carbocycles.